The summed E-state index contributed by atoms with van der Waals surface area (Å²) in [5.41, 5.74) is 2.82. The van der Waals surface area contributed by atoms with Crippen molar-refractivity contribution in [2.45, 2.75) is 24.0 Å². The van der Waals surface area contributed by atoms with Gasteiger partial charge >= 0.3 is 0 Å². The minimum atomic E-state index is -3.13. The van der Waals surface area contributed by atoms with Crippen LogP contribution in [0.3, 0.4) is 0 Å². The number of hydrogen-bond donors (Lipinski definition) is 1. The van der Waals surface area contributed by atoms with Crippen LogP contribution in [0.25, 0.3) is 11.1 Å². The van der Waals surface area contributed by atoms with Crippen molar-refractivity contribution in [3.8, 4) is 0 Å². The average molecular weight is 321 g/mol. The van der Waals surface area contributed by atoms with Crippen molar-refractivity contribution in [3.05, 3.63) is 30.2 Å². The lowest BCUT2D eigenvalue weighted by molar-refractivity contribution is 0.310. The van der Waals surface area contributed by atoms with Crippen LogP contribution in [0.2, 0.25) is 0 Å². The molecule has 0 aliphatic carbocycles. The highest BCUT2D eigenvalue weighted by atomic mass is 32.2. The summed E-state index contributed by atoms with van der Waals surface area (Å²) in [7, 11) is -3.13. The van der Waals surface area contributed by atoms with Gasteiger partial charge in [-0.2, -0.15) is 0 Å². The van der Waals surface area contributed by atoms with Crippen molar-refractivity contribution in [3.63, 3.8) is 0 Å². The van der Waals surface area contributed by atoms with E-state index in [4.69, 9.17) is 4.42 Å². The first-order valence-corrected chi connectivity index (χ1v) is 9.18. The second kappa shape index (κ2) is 5.33. The molecule has 1 N–H and O–H groups in total. The quantitative estimate of drug-likeness (QED) is 0.922. The number of sulfonamides is 1. The molecule has 0 amide bonds. The maximum absolute atomic E-state index is 12.4. The van der Waals surface area contributed by atoms with Crippen LogP contribution in [0.1, 0.15) is 24.3 Å². The summed E-state index contributed by atoms with van der Waals surface area (Å²) in [6.07, 6.45) is 5.20. The number of nitrogens with one attached hydrogen (secondary N) is 1. The molecule has 6 nitrogen and oxygen atoms in total. The molecule has 0 unspecified atom stereocenters. The summed E-state index contributed by atoms with van der Waals surface area (Å²) in [4.78, 5) is 4.40. The molecule has 2 fully saturated rings. The van der Waals surface area contributed by atoms with Gasteiger partial charge in [-0.1, -0.05) is 0 Å². The van der Waals surface area contributed by atoms with Gasteiger partial charge in [-0.25, -0.2) is 12.7 Å². The molecule has 0 saturated carbocycles. The van der Waals surface area contributed by atoms with Gasteiger partial charge in [0.05, 0.1) is 6.26 Å². The first-order valence-electron chi connectivity index (χ1n) is 7.68. The molecular formula is C15H19N3O3S. The van der Waals surface area contributed by atoms with Crippen molar-refractivity contribution in [1.82, 2.24) is 14.6 Å². The van der Waals surface area contributed by atoms with E-state index in [0.29, 0.717) is 32.1 Å². The van der Waals surface area contributed by atoms with Gasteiger partial charge in [0, 0.05) is 37.9 Å². The standard InChI is InChI=1S/C15H19N3O3S/c19-22(20,12-8-16-9-12)18-6-3-11(4-7-18)13-10-21-14-2-1-5-17-15(13)14/h1-2,5,10-12,16H,3-4,6-9H2. The Morgan fingerprint density at radius 2 is 2.05 bits per heavy atom. The van der Waals surface area contributed by atoms with Crippen molar-refractivity contribution in [2.75, 3.05) is 26.2 Å². The van der Waals surface area contributed by atoms with E-state index in [2.05, 4.69) is 10.3 Å². The molecule has 4 heterocycles. The SMILES string of the molecule is O=S(=O)(C1CNC1)N1CCC(c2coc3cccnc23)CC1. The summed E-state index contributed by atoms with van der Waals surface area (Å²) in [6, 6.07) is 3.77. The van der Waals surface area contributed by atoms with E-state index in [1.807, 2.05) is 12.1 Å². The third-order valence-corrected chi connectivity index (χ3v) is 7.04. The smallest absolute Gasteiger partial charge is 0.219 e. The molecule has 4 rings (SSSR count). The van der Waals surface area contributed by atoms with Crippen LogP contribution in [-0.4, -0.2) is 49.1 Å². The molecule has 2 aromatic heterocycles. The molecular weight excluding hydrogens is 302 g/mol. The Morgan fingerprint density at radius 3 is 2.73 bits per heavy atom. The highest BCUT2D eigenvalue weighted by Crippen LogP contribution is 2.34. The molecule has 2 aliphatic heterocycles. The second-order valence-electron chi connectivity index (χ2n) is 6.04. The minimum Gasteiger partial charge on any atom is -0.462 e. The summed E-state index contributed by atoms with van der Waals surface area (Å²) in [5, 5.41) is 2.80. The zero-order chi connectivity index (χ0) is 15.2. The lowest BCUT2D eigenvalue weighted by Gasteiger charge is -2.36. The predicted octanol–water partition coefficient (Wildman–Crippen LogP) is 1.31. The zero-order valence-corrected chi connectivity index (χ0v) is 13.1. The molecule has 118 valence electrons. The molecule has 0 spiro atoms. The number of fused-ring (bicyclic) bond motifs is 1. The molecule has 0 bridgehead atoms. The van der Waals surface area contributed by atoms with Gasteiger partial charge in [-0.05, 0) is 30.9 Å². The Morgan fingerprint density at radius 1 is 1.27 bits per heavy atom. The highest BCUT2D eigenvalue weighted by molar-refractivity contribution is 7.89. The first-order chi connectivity index (χ1) is 10.7. The number of aromatic nitrogens is 1. The van der Waals surface area contributed by atoms with E-state index in [1.54, 1.807) is 16.8 Å². The monoisotopic (exact) mass is 321 g/mol. The Balaban J connectivity index is 1.50. The predicted molar refractivity (Wildman–Crippen MR) is 83.1 cm³/mol. The van der Waals surface area contributed by atoms with Gasteiger partial charge in [0.1, 0.15) is 10.8 Å². The Kier molecular flexibility index (Phi) is 3.43. The molecule has 7 heteroatoms. The van der Waals surface area contributed by atoms with Crippen LogP contribution in [0.15, 0.2) is 29.0 Å². The fourth-order valence-corrected chi connectivity index (χ4v) is 5.08. The largest absolute Gasteiger partial charge is 0.462 e. The molecule has 0 atom stereocenters. The number of piperidine rings is 1. The van der Waals surface area contributed by atoms with Crippen LogP contribution in [0, 0.1) is 0 Å². The lowest BCUT2D eigenvalue weighted by atomic mass is 9.91. The summed E-state index contributed by atoms with van der Waals surface area (Å²) in [5.74, 6) is 0.321. The third-order valence-electron chi connectivity index (χ3n) is 4.78. The van der Waals surface area contributed by atoms with Crippen molar-refractivity contribution < 1.29 is 12.8 Å². The summed E-state index contributed by atoms with van der Waals surface area (Å²) in [6.45, 7) is 2.34. The maximum atomic E-state index is 12.4. The molecule has 2 saturated heterocycles. The molecule has 2 aliphatic rings. The minimum absolute atomic E-state index is 0.236. The number of rotatable bonds is 3. The topological polar surface area (TPSA) is 75.4 Å². The fraction of sp³-hybridized carbons (Fsp3) is 0.533. The van der Waals surface area contributed by atoms with Crippen LogP contribution < -0.4 is 5.32 Å². The lowest BCUT2D eigenvalue weighted by Crippen LogP contribution is -2.57. The molecule has 0 aromatic carbocycles. The van der Waals surface area contributed by atoms with Gasteiger partial charge in [0.25, 0.3) is 0 Å². The first kappa shape index (κ1) is 14.2. The summed E-state index contributed by atoms with van der Waals surface area (Å²) < 4.78 is 32.1. The van der Waals surface area contributed by atoms with E-state index < -0.39 is 10.0 Å². The molecule has 0 radical (unpaired) electrons. The second-order valence-corrected chi connectivity index (χ2v) is 8.25. The number of nitrogens with zero attached hydrogens (tertiary/aromatic N) is 2. The van der Waals surface area contributed by atoms with E-state index >= 15 is 0 Å². The molecule has 2 aromatic rings. The van der Waals surface area contributed by atoms with Gasteiger partial charge < -0.3 is 9.73 Å². The maximum Gasteiger partial charge on any atom is 0.219 e. The Bertz CT molecular complexity index is 774. The van der Waals surface area contributed by atoms with Gasteiger partial charge in [0.15, 0.2) is 5.58 Å². The van der Waals surface area contributed by atoms with Crippen molar-refractivity contribution in [2.24, 2.45) is 0 Å². The van der Waals surface area contributed by atoms with Crippen LogP contribution >= 0.6 is 0 Å². The van der Waals surface area contributed by atoms with Gasteiger partial charge in [0.2, 0.25) is 10.0 Å². The Hall–Kier alpha value is -1.44. The van der Waals surface area contributed by atoms with Crippen LogP contribution in [0.4, 0.5) is 0 Å². The fourth-order valence-electron chi connectivity index (χ4n) is 3.28. The number of hydrogen-bond acceptors (Lipinski definition) is 5. The van der Waals surface area contributed by atoms with E-state index in [0.717, 1.165) is 29.5 Å². The number of pyridine rings is 1. The highest BCUT2D eigenvalue weighted by Gasteiger charge is 2.38. The van der Waals surface area contributed by atoms with Gasteiger partial charge in [-0.3, -0.25) is 4.98 Å². The van der Waals surface area contributed by atoms with E-state index in [1.165, 1.54) is 0 Å². The Labute approximate surface area is 129 Å². The van der Waals surface area contributed by atoms with Crippen molar-refractivity contribution in [1.29, 1.82) is 0 Å². The molecule has 22 heavy (non-hydrogen) atoms. The van der Waals surface area contributed by atoms with Crippen LogP contribution in [0.5, 0.6) is 0 Å². The average Bonchev–Trinajstić information content (AvgIpc) is 2.89. The summed E-state index contributed by atoms with van der Waals surface area (Å²) >= 11 is 0. The normalized spacial score (nSPS) is 22.0. The zero-order valence-electron chi connectivity index (χ0n) is 12.2. The number of furan rings is 1. The third kappa shape index (κ3) is 2.24. The van der Waals surface area contributed by atoms with Crippen molar-refractivity contribution >= 4 is 21.1 Å². The van der Waals surface area contributed by atoms with E-state index in [-0.39, 0.29) is 5.25 Å². The van der Waals surface area contributed by atoms with Gasteiger partial charge in [-0.15, -0.1) is 0 Å². The van der Waals surface area contributed by atoms with E-state index in [9.17, 15) is 8.42 Å². The van der Waals surface area contributed by atoms with Crippen LogP contribution in [-0.2, 0) is 10.0 Å².